The predicted molar refractivity (Wildman–Crippen MR) is 103 cm³/mol. The van der Waals surface area contributed by atoms with Crippen LogP contribution in [0.3, 0.4) is 0 Å². The van der Waals surface area contributed by atoms with Gasteiger partial charge in [0.15, 0.2) is 9.84 Å². The van der Waals surface area contributed by atoms with Crippen LogP contribution in [0.25, 0.3) is 0 Å². The van der Waals surface area contributed by atoms with E-state index in [2.05, 4.69) is 26.3 Å². The van der Waals surface area contributed by atoms with Crippen LogP contribution in [-0.4, -0.2) is 26.7 Å². The number of rotatable bonds is 9. The van der Waals surface area contributed by atoms with Gasteiger partial charge in [-0.15, -0.1) is 0 Å². The third-order valence-corrected chi connectivity index (χ3v) is 5.84. The lowest BCUT2D eigenvalue weighted by Crippen LogP contribution is -2.26. The zero-order chi connectivity index (χ0) is 19.9. The van der Waals surface area contributed by atoms with Crippen molar-refractivity contribution in [1.29, 1.82) is 0 Å². The van der Waals surface area contributed by atoms with E-state index in [0.717, 1.165) is 11.3 Å². The van der Waals surface area contributed by atoms with Crippen LogP contribution in [-0.2, 0) is 31.3 Å². The maximum Gasteiger partial charge on any atom is 0.244 e. The molecule has 1 aromatic heterocycles. The van der Waals surface area contributed by atoms with E-state index in [-0.39, 0.29) is 22.5 Å². The first-order valence-electron chi connectivity index (χ1n) is 8.95. The Kier molecular flexibility index (Phi) is 7.21. The number of carbonyl (C=O) groups excluding carboxylic acids is 1. The topological polar surface area (TPSA) is 85.6 Å². The Labute approximate surface area is 160 Å². The van der Waals surface area contributed by atoms with Gasteiger partial charge < -0.3 is 4.42 Å². The summed E-state index contributed by atoms with van der Waals surface area (Å²) in [6, 6.07) is 10.5. The minimum Gasteiger partial charge on any atom is -0.469 e. The van der Waals surface area contributed by atoms with Crippen LogP contribution in [0.1, 0.15) is 44.9 Å². The molecule has 0 aliphatic carbocycles. The molecule has 1 aromatic carbocycles. The number of nitrogens with one attached hydrogen (secondary N) is 1. The molecule has 0 bridgehead atoms. The highest BCUT2D eigenvalue weighted by Crippen LogP contribution is 2.23. The lowest BCUT2D eigenvalue weighted by molar-refractivity contribution is -0.133. The van der Waals surface area contributed by atoms with E-state index >= 15 is 0 Å². The number of sulfone groups is 1. The second-order valence-electron chi connectivity index (χ2n) is 7.40. The van der Waals surface area contributed by atoms with Gasteiger partial charge in [0.1, 0.15) is 5.76 Å². The monoisotopic (exact) mass is 393 g/mol. The number of hydrogen-bond acceptors (Lipinski definition) is 5. The molecule has 0 fully saturated rings. The Bertz CT molecular complexity index is 818. The number of hydroxylamine groups is 1. The van der Waals surface area contributed by atoms with Crippen molar-refractivity contribution in [3.8, 4) is 0 Å². The number of benzene rings is 1. The molecule has 0 saturated carbocycles. The number of carbonyl (C=O) groups is 1. The number of aryl methyl sites for hydroxylation is 1. The van der Waals surface area contributed by atoms with Crippen molar-refractivity contribution in [2.75, 3.05) is 12.4 Å². The van der Waals surface area contributed by atoms with Crippen molar-refractivity contribution in [3.05, 3.63) is 54.0 Å². The summed E-state index contributed by atoms with van der Waals surface area (Å²) in [6.45, 7) is 6.52. The van der Waals surface area contributed by atoms with Crippen molar-refractivity contribution >= 4 is 15.7 Å². The molecule has 0 saturated heterocycles. The quantitative estimate of drug-likeness (QED) is 0.521. The molecule has 0 aliphatic rings. The number of amides is 1. The number of furan rings is 1. The van der Waals surface area contributed by atoms with E-state index in [9.17, 15) is 13.2 Å². The molecule has 0 aliphatic heterocycles. The smallest absolute Gasteiger partial charge is 0.244 e. The average molecular weight is 394 g/mol. The van der Waals surface area contributed by atoms with Gasteiger partial charge in [0.05, 0.1) is 23.5 Å². The Hall–Kier alpha value is -2.12. The van der Waals surface area contributed by atoms with Crippen LogP contribution in [0.15, 0.2) is 52.0 Å². The molecule has 2 aromatic rings. The summed E-state index contributed by atoms with van der Waals surface area (Å²) >= 11 is 0. The Morgan fingerprint density at radius 1 is 1.15 bits per heavy atom. The summed E-state index contributed by atoms with van der Waals surface area (Å²) in [4.78, 5) is 17.1. The van der Waals surface area contributed by atoms with Gasteiger partial charge in [-0.1, -0.05) is 32.9 Å². The summed E-state index contributed by atoms with van der Waals surface area (Å²) in [5.41, 5.74) is 3.29. The van der Waals surface area contributed by atoms with Gasteiger partial charge in [0.25, 0.3) is 0 Å². The molecule has 27 heavy (non-hydrogen) atoms. The van der Waals surface area contributed by atoms with Gasteiger partial charge in [-0.3, -0.25) is 9.63 Å². The van der Waals surface area contributed by atoms with Crippen molar-refractivity contribution < 1.29 is 22.5 Å². The van der Waals surface area contributed by atoms with E-state index in [1.54, 1.807) is 18.4 Å². The third kappa shape index (κ3) is 6.84. The molecule has 0 atom stereocenters. The van der Waals surface area contributed by atoms with Crippen LogP contribution in [0.4, 0.5) is 0 Å². The van der Waals surface area contributed by atoms with E-state index in [1.807, 2.05) is 24.3 Å². The molecular weight excluding hydrogens is 366 g/mol. The molecule has 1 N–H and O–H groups in total. The normalized spacial score (nSPS) is 12.1. The molecule has 0 unspecified atom stereocenters. The summed E-state index contributed by atoms with van der Waals surface area (Å²) in [6.07, 6.45) is 2.85. The Balaban J connectivity index is 1.73. The van der Waals surface area contributed by atoms with Gasteiger partial charge in [0, 0.05) is 12.8 Å². The fourth-order valence-corrected chi connectivity index (χ4v) is 3.70. The van der Waals surface area contributed by atoms with Crippen molar-refractivity contribution in [2.24, 2.45) is 0 Å². The second kappa shape index (κ2) is 9.19. The maximum atomic E-state index is 12.4. The summed E-state index contributed by atoms with van der Waals surface area (Å²) in [5.74, 6) is 0.139. The van der Waals surface area contributed by atoms with Gasteiger partial charge in [-0.05, 0) is 41.7 Å². The molecule has 148 valence electrons. The standard InChI is InChI=1S/C20H27NO5S/c1-20(2,3)16-8-10-18(11-9-16)27(23,24)15-12-19(22)21-26-14-5-7-17-6-4-13-25-17/h4,6,8-11,13H,5,7,12,14-15H2,1-3H3,(H,21,22). The molecule has 2 rings (SSSR count). The largest absolute Gasteiger partial charge is 0.469 e. The minimum atomic E-state index is -3.51. The van der Waals surface area contributed by atoms with E-state index in [0.29, 0.717) is 19.4 Å². The summed E-state index contributed by atoms with van der Waals surface area (Å²) in [7, 11) is -3.51. The fraction of sp³-hybridized carbons (Fsp3) is 0.450. The highest BCUT2D eigenvalue weighted by Gasteiger charge is 2.19. The molecular formula is C20H27NO5S. The Morgan fingerprint density at radius 2 is 1.85 bits per heavy atom. The lowest BCUT2D eigenvalue weighted by atomic mass is 9.87. The van der Waals surface area contributed by atoms with Crippen LogP contribution >= 0.6 is 0 Å². The highest BCUT2D eigenvalue weighted by atomic mass is 32.2. The molecule has 1 amide bonds. The maximum absolute atomic E-state index is 12.4. The van der Waals surface area contributed by atoms with Crippen LogP contribution in [0, 0.1) is 0 Å². The number of hydrogen-bond donors (Lipinski definition) is 1. The summed E-state index contributed by atoms with van der Waals surface area (Å²) in [5, 5.41) is 0. The zero-order valence-electron chi connectivity index (χ0n) is 16.0. The molecule has 1 heterocycles. The van der Waals surface area contributed by atoms with Crippen LogP contribution in [0.2, 0.25) is 0 Å². The molecule has 7 heteroatoms. The van der Waals surface area contributed by atoms with E-state index in [1.165, 1.54) is 0 Å². The van der Waals surface area contributed by atoms with E-state index in [4.69, 9.17) is 9.25 Å². The first-order valence-corrected chi connectivity index (χ1v) is 10.6. The first kappa shape index (κ1) is 21.2. The fourth-order valence-electron chi connectivity index (χ4n) is 2.46. The summed E-state index contributed by atoms with van der Waals surface area (Å²) < 4.78 is 29.9. The van der Waals surface area contributed by atoms with Crippen LogP contribution in [0.5, 0.6) is 0 Å². The predicted octanol–water partition coefficient (Wildman–Crippen LogP) is 3.42. The molecule has 0 spiro atoms. The van der Waals surface area contributed by atoms with E-state index < -0.39 is 15.7 Å². The average Bonchev–Trinajstić information content (AvgIpc) is 3.12. The molecule has 0 radical (unpaired) electrons. The minimum absolute atomic E-state index is 0.0452. The first-order chi connectivity index (χ1) is 12.7. The van der Waals surface area contributed by atoms with Gasteiger partial charge in [-0.25, -0.2) is 13.9 Å². The van der Waals surface area contributed by atoms with Crippen molar-refractivity contribution in [1.82, 2.24) is 5.48 Å². The third-order valence-electron chi connectivity index (χ3n) is 4.11. The van der Waals surface area contributed by atoms with Crippen LogP contribution < -0.4 is 5.48 Å². The van der Waals surface area contributed by atoms with Gasteiger partial charge >= 0.3 is 0 Å². The zero-order valence-corrected chi connectivity index (χ0v) is 16.8. The lowest BCUT2D eigenvalue weighted by Gasteiger charge is -2.19. The molecule has 6 nitrogen and oxygen atoms in total. The Morgan fingerprint density at radius 3 is 2.44 bits per heavy atom. The van der Waals surface area contributed by atoms with Crippen molar-refractivity contribution in [2.45, 2.75) is 50.3 Å². The van der Waals surface area contributed by atoms with Gasteiger partial charge in [0.2, 0.25) is 5.91 Å². The SMILES string of the molecule is CC(C)(C)c1ccc(S(=O)(=O)CCC(=O)NOCCCc2ccco2)cc1. The highest BCUT2D eigenvalue weighted by molar-refractivity contribution is 7.91. The second-order valence-corrected chi connectivity index (χ2v) is 9.51. The van der Waals surface area contributed by atoms with Gasteiger partial charge in [-0.2, -0.15) is 0 Å². The van der Waals surface area contributed by atoms with Crippen molar-refractivity contribution in [3.63, 3.8) is 0 Å².